The van der Waals surface area contributed by atoms with Gasteiger partial charge in [-0.1, -0.05) is 29.8 Å². The molecule has 0 aromatic heterocycles. The lowest BCUT2D eigenvalue weighted by atomic mass is 10.1. The molecule has 3 rings (SSSR count). The Hall–Kier alpha value is -1.98. The fraction of sp³-hybridized carbons (Fsp3) is 0.278. The van der Waals surface area contributed by atoms with E-state index in [1.807, 2.05) is 42.5 Å². The number of hydrogen-bond donors (Lipinski definition) is 2. The van der Waals surface area contributed by atoms with Crippen molar-refractivity contribution < 1.29 is 9.47 Å². The molecule has 0 saturated heterocycles. The van der Waals surface area contributed by atoms with E-state index in [0.717, 1.165) is 47.2 Å². The monoisotopic (exact) mass is 362 g/mol. The highest BCUT2D eigenvalue weighted by atomic mass is 35.5. The Morgan fingerprint density at radius 2 is 1.88 bits per heavy atom. The molecule has 0 fully saturated rings. The smallest absolute Gasteiger partial charge is 0.170 e. The van der Waals surface area contributed by atoms with Crippen molar-refractivity contribution in [3.63, 3.8) is 0 Å². The summed E-state index contributed by atoms with van der Waals surface area (Å²) in [6.45, 7) is 1.94. The lowest BCUT2D eigenvalue weighted by molar-refractivity contribution is 0.171. The molecule has 4 nitrogen and oxygen atoms in total. The third-order valence-electron chi connectivity index (χ3n) is 3.67. The topological polar surface area (TPSA) is 42.5 Å². The summed E-state index contributed by atoms with van der Waals surface area (Å²) in [5.74, 6) is 1.51. The van der Waals surface area contributed by atoms with E-state index in [9.17, 15) is 0 Å². The first-order valence-corrected chi connectivity index (χ1v) is 8.69. The number of anilines is 1. The van der Waals surface area contributed by atoms with Crippen molar-refractivity contribution in [2.75, 3.05) is 25.1 Å². The van der Waals surface area contributed by atoms with Crippen LogP contribution in [0.4, 0.5) is 5.69 Å². The Morgan fingerprint density at radius 1 is 1.08 bits per heavy atom. The first kappa shape index (κ1) is 16.9. The highest BCUT2D eigenvalue weighted by Gasteiger charge is 2.11. The van der Waals surface area contributed by atoms with Gasteiger partial charge in [0.25, 0.3) is 0 Å². The van der Waals surface area contributed by atoms with Crippen molar-refractivity contribution in [2.45, 2.75) is 12.8 Å². The van der Waals surface area contributed by atoms with Gasteiger partial charge < -0.3 is 20.1 Å². The molecule has 0 atom stereocenters. The predicted molar refractivity (Wildman–Crippen MR) is 101 cm³/mol. The molecule has 6 heteroatoms. The molecule has 2 aromatic carbocycles. The summed E-state index contributed by atoms with van der Waals surface area (Å²) in [4.78, 5) is 0. The maximum atomic E-state index is 6.15. The summed E-state index contributed by atoms with van der Waals surface area (Å²) in [5.41, 5.74) is 2.04. The highest BCUT2D eigenvalue weighted by molar-refractivity contribution is 7.80. The van der Waals surface area contributed by atoms with Crippen molar-refractivity contribution in [1.29, 1.82) is 0 Å². The SMILES string of the molecule is S=C(NCCCc1ccccc1Cl)Nc1ccc2c(c1)OCCO2. The fourth-order valence-corrected chi connectivity index (χ4v) is 2.93. The lowest BCUT2D eigenvalue weighted by Gasteiger charge is -2.19. The summed E-state index contributed by atoms with van der Waals surface area (Å²) in [7, 11) is 0. The third-order valence-corrected chi connectivity index (χ3v) is 4.28. The van der Waals surface area contributed by atoms with Crippen LogP contribution < -0.4 is 20.1 Å². The Bertz CT molecular complexity index is 724. The van der Waals surface area contributed by atoms with Crippen LogP contribution >= 0.6 is 23.8 Å². The van der Waals surface area contributed by atoms with Gasteiger partial charge >= 0.3 is 0 Å². The van der Waals surface area contributed by atoms with Crippen LogP contribution in [-0.4, -0.2) is 24.9 Å². The molecule has 126 valence electrons. The summed E-state index contributed by atoms with van der Waals surface area (Å²) in [6.07, 6.45) is 1.87. The molecule has 0 aliphatic carbocycles. The first-order chi connectivity index (χ1) is 11.7. The first-order valence-electron chi connectivity index (χ1n) is 7.90. The van der Waals surface area contributed by atoms with Gasteiger partial charge in [0.1, 0.15) is 13.2 Å². The predicted octanol–water partition coefficient (Wildman–Crippen LogP) is 4.03. The second kappa shape index (κ2) is 8.22. The van der Waals surface area contributed by atoms with E-state index >= 15 is 0 Å². The quantitative estimate of drug-likeness (QED) is 0.621. The van der Waals surface area contributed by atoms with Crippen molar-refractivity contribution >= 4 is 34.6 Å². The minimum absolute atomic E-state index is 0.571. The zero-order valence-electron chi connectivity index (χ0n) is 13.2. The number of aryl methyl sites for hydroxylation is 1. The highest BCUT2D eigenvalue weighted by Crippen LogP contribution is 2.32. The van der Waals surface area contributed by atoms with Crippen LogP contribution in [0.5, 0.6) is 11.5 Å². The summed E-state index contributed by atoms with van der Waals surface area (Å²) >= 11 is 11.5. The van der Waals surface area contributed by atoms with Gasteiger partial charge in [0, 0.05) is 23.3 Å². The molecule has 1 heterocycles. The van der Waals surface area contributed by atoms with E-state index in [1.54, 1.807) is 0 Å². The van der Waals surface area contributed by atoms with Gasteiger partial charge in [0.2, 0.25) is 0 Å². The number of ether oxygens (including phenoxy) is 2. The normalized spacial score (nSPS) is 12.5. The molecular weight excluding hydrogens is 344 g/mol. The van der Waals surface area contributed by atoms with Gasteiger partial charge in [-0.2, -0.15) is 0 Å². The molecule has 1 aliphatic rings. The Kier molecular flexibility index (Phi) is 5.77. The molecule has 0 saturated carbocycles. The maximum Gasteiger partial charge on any atom is 0.170 e. The van der Waals surface area contributed by atoms with Gasteiger partial charge in [-0.25, -0.2) is 0 Å². The van der Waals surface area contributed by atoms with Gasteiger partial charge in [-0.3, -0.25) is 0 Å². The van der Waals surface area contributed by atoms with Gasteiger partial charge in [0.05, 0.1) is 0 Å². The van der Waals surface area contributed by atoms with E-state index in [0.29, 0.717) is 18.3 Å². The maximum absolute atomic E-state index is 6.15. The summed E-state index contributed by atoms with van der Waals surface area (Å²) < 4.78 is 11.1. The molecule has 24 heavy (non-hydrogen) atoms. The molecule has 0 spiro atoms. The van der Waals surface area contributed by atoms with Crippen LogP contribution in [0.3, 0.4) is 0 Å². The van der Waals surface area contributed by atoms with E-state index < -0.39 is 0 Å². The van der Waals surface area contributed by atoms with Gasteiger partial charge in [-0.15, -0.1) is 0 Å². The van der Waals surface area contributed by atoms with E-state index in [2.05, 4.69) is 10.6 Å². The average Bonchev–Trinajstić information content (AvgIpc) is 2.60. The van der Waals surface area contributed by atoms with Crippen molar-refractivity contribution in [2.24, 2.45) is 0 Å². The van der Waals surface area contributed by atoms with Crippen LogP contribution in [0.1, 0.15) is 12.0 Å². The molecule has 2 aromatic rings. The molecular formula is C18H19ClN2O2S. The summed E-state index contributed by atoms with van der Waals surface area (Å²) in [6, 6.07) is 13.6. The van der Waals surface area contributed by atoms with Crippen LogP contribution in [0.2, 0.25) is 5.02 Å². The van der Waals surface area contributed by atoms with E-state index in [4.69, 9.17) is 33.3 Å². The number of benzene rings is 2. The molecule has 0 bridgehead atoms. The largest absolute Gasteiger partial charge is 0.486 e. The number of thiocarbonyl (C=S) groups is 1. The molecule has 0 unspecified atom stereocenters. The molecule has 1 aliphatic heterocycles. The molecule has 2 N–H and O–H groups in total. The van der Waals surface area contributed by atoms with Gasteiger partial charge in [0.15, 0.2) is 16.6 Å². The summed E-state index contributed by atoms with van der Waals surface area (Å²) in [5, 5.41) is 7.77. The van der Waals surface area contributed by atoms with Crippen molar-refractivity contribution in [3.05, 3.63) is 53.1 Å². The number of hydrogen-bond acceptors (Lipinski definition) is 3. The molecule has 0 radical (unpaired) electrons. The minimum atomic E-state index is 0.571. The average molecular weight is 363 g/mol. The standard InChI is InChI=1S/C18H19ClN2O2S/c19-15-6-2-1-4-13(15)5-3-9-20-18(24)21-14-7-8-16-17(12-14)23-11-10-22-16/h1-2,4,6-8,12H,3,5,9-11H2,(H2,20,21,24). The van der Waals surface area contributed by atoms with E-state index in [-0.39, 0.29) is 0 Å². The number of halogens is 1. The second-order valence-electron chi connectivity index (χ2n) is 5.43. The number of nitrogens with one attached hydrogen (secondary N) is 2. The van der Waals surface area contributed by atoms with Crippen molar-refractivity contribution in [1.82, 2.24) is 5.32 Å². The Morgan fingerprint density at radius 3 is 2.71 bits per heavy atom. The Balaban J connectivity index is 1.43. The van der Waals surface area contributed by atoms with Crippen LogP contribution in [-0.2, 0) is 6.42 Å². The number of rotatable bonds is 5. The van der Waals surface area contributed by atoms with Crippen LogP contribution in [0, 0.1) is 0 Å². The molecule has 0 amide bonds. The van der Waals surface area contributed by atoms with E-state index in [1.165, 1.54) is 0 Å². The van der Waals surface area contributed by atoms with Crippen LogP contribution in [0.15, 0.2) is 42.5 Å². The van der Waals surface area contributed by atoms with Crippen molar-refractivity contribution in [3.8, 4) is 11.5 Å². The second-order valence-corrected chi connectivity index (χ2v) is 6.25. The zero-order chi connectivity index (χ0) is 16.8. The third kappa shape index (κ3) is 4.52. The zero-order valence-corrected chi connectivity index (χ0v) is 14.8. The lowest BCUT2D eigenvalue weighted by Crippen LogP contribution is -2.29. The number of fused-ring (bicyclic) bond motifs is 1. The minimum Gasteiger partial charge on any atom is -0.486 e. The van der Waals surface area contributed by atoms with Crippen LogP contribution in [0.25, 0.3) is 0 Å². The van der Waals surface area contributed by atoms with Gasteiger partial charge in [-0.05, 0) is 48.8 Å². The Labute approximate surface area is 152 Å². The fourth-order valence-electron chi connectivity index (χ4n) is 2.48.